The molecule has 0 saturated heterocycles. The van der Waals surface area contributed by atoms with E-state index in [4.69, 9.17) is 12.6 Å². The fourth-order valence-corrected chi connectivity index (χ4v) is 1.63. The minimum absolute atomic E-state index is 0.0787. The molecule has 88 valence electrons. The van der Waals surface area contributed by atoms with Crippen LogP contribution in [-0.2, 0) is 0 Å². The molecule has 0 saturated carbocycles. The van der Waals surface area contributed by atoms with Crippen molar-refractivity contribution in [1.82, 2.24) is 0 Å². The van der Waals surface area contributed by atoms with E-state index in [1.54, 1.807) is 37.4 Å². The summed E-state index contributed by atoms with van der Waals surface area (Å²) in [7, 11) is 7.16. The van der Waals surface area contributed by atoms with Crippen molar-refractivity contribution in [2.24, 2.45) is 0 Å². The molecular weight excluding hydrogens is 227 g/mol. The number of phenolic OH excluding ortho intramolecular Hbond substituents is 1. The molecule has 2 radical (unpaired) electrons. The first kappa shape index (κ1) is 12.2. The van der Waals surface area contributed by atoms with E-state index < -0.39 is 0 Å². The fraction of sp³-hybridized carbons (Fsp3) is 0.0714. The highest BCUT2D eigenvalue weighted by molar-refractivity contribution is 6.33. The maximum atomic E-state index is 12.2. The number of ether oxygens (including phenoxy) is 1. The number of aromatic hydroxyl groups is 1. The second kappa shape index (κ2) is 4.96. The minimum atomic E-state index is -0.276. The number of hydrogen-bond acceptors (Lipinski definition) is 3. The first-order chi connectivity index (χ1) is 8.61. The molecule has 0 fully saturated rings. The zero-order chi connectivity index (χ0) is 13.1. The van der Waals surface area contributed by atoms with Gasteiger partial charge in [-0.3, -0.25) is 4.79 Å². The molecule has 3 nitrogen and oxygen atoms in total. The van der Waals surface area contributed by atoms with Gasteiger partial charge >= 0.3 is 0 Å². The van der Waals surface area contributed by atoms with E-state index >= 15 is 0 Å². The van der Waals surface area contributed by atoms with Crippen LogP contribution in [0.25, 0.3) is 0 Å². The van der Waals surface area contributed by atoms with Gasteiger partial charge in [0.2, 0.25) is 0 Å². The number of carbonyl (C=O) groups is 1. The topological polar surface area (TPSA) is 46.5 Å². The monoisotopic (exact) mass is 238 g/mol. The summed E-state index contributed by atoms with van der Waals surface area (Å²) >= 11 is 0. The Bertz CT molecular complexity index is 576. The molecule has 1 N–H and O–H groups in total. The van der Waals surface area contributed by atoms with E-state index in [2.05, 4.69) is 0 Å². The molecule has 0 unspecified atom stereocenters. The van der Waals surface area contributed by atoms with Gasteiger partial charge in [-0.25, -0.2) is 0 Å². The van der Waals surface area contributed by atoms with Crippen LogP contribution in [0.1, 0.15) is 15.9 Å². The molecule has 2 aromatic rings. The minimum Gasteiger partial charge on any atom is -0.507 e. The van der Waals surface area contributed by atoms with E-state index in [1.807, 2.05) is 0 Å². The summed E-state index contributed by atoms with van der Waals surface area (Å²) in [6, 6.07) is 11.1. The van der Waals surface area contributed by atoms with Gasteiger partial charge in [-0.1, -0.05) is 17.6 Å². The van der Waals surface area contributed by atoms with Crippen LogP contribution in [-0.4, -0.2) is 25.8 Å². The molecule has 0 aliphatic carbocycles. The van der Waals surface area contributed by atoms with Gasteiger partial charge in [0.25, 0.3) is 0 Å². The maximum Gasteiger partial charge on any atom is 0.196 e. The number of carbonyl (C=O) groups excluding carboxylic acids is 1. The Morgan fingerprint density at radius 3 is 2.44 bits per heavy atom. The van der Waals surface area contributed by atoms with E-state index in [0.717, 1.165) is 0 Å². The SMILES string of the molecule is [B]c1ccc(O)c(C(=O)c2ccc(OC)cc2)c1. The second-order valence-electron chi connectivity index (χ2n) is 3.83. The second-order valence-corrected chi connectivity index (χ2v) is 3.83. The Hall–Kier alpha value is -2.23. The molecule has 0 aliphatic rings. The van der Waals surface area contributed by atoms with Gasteiger partial charge in [0.05, 0.1) is 12.7 Å². The number of methoxy groups -OCH3 is 1. The van der Waals surface area contributed by atoms with Crippen molar-refractivity contribution >= 4 is 19.1 Å². The molecule has 2 aromatic carbocycles. The van der Waals surface area contributed by atoms with Crippen molar-refractivity contribution < 1.29 is 14.6 Å². The molecule has 4 heteroatoms. The lowest BCUT2D eigenvalue weighted by atomic mass is 9.91. The average molecular weight is 238 g/mol. The summed E-state index contributed by atoms with van der Waals surface area (Å²) in [6.07, 6.45) is 0. The number of hydrogen-bond donors (Lipinski definition) is 1. The van der Waals surface area contributed by atoms with Crippen LogP contribution in [0.5, 0.6) is 11.5 Å². The molecular formula is C14H11BO3. The first-order valence-electron chi connectivity index (χ1n) is 5.39. The molecule has 2 rings (SSSR count). The van der Waals surface area contributed by atoms with Gasteiger partial charge in [0.1, 0.15) is 19.3 Å². The Labute approximate surface area is 106 Å². The molecule has 0 amide bonds. The summed E-state index contributed by atoms with van der Waals surface area (Å²) in [6.45, 7) is 0. The predicted octanol–water partition coefficient (Wildman–Crippen LogP) is 1.43. The quantitative estimate of drug-likeness (QED) is 0.649. The third kappa shape index (κ3) is 2.37. The van der Waals surface area contributed by atoms with Crippen LogP contribution >= 0.6 is 0 Å². The zero-order valence-corrected chi connectivity index (χ0v) is 9.88. The van der Waals surface area contributed by atoms with Gasteiger partial charge in [-0.15, -0.1) is 0 Å². The molecule has 0 aliphatic heterocycles. The van der Waals surface area contributed by atoms with Crippen molar-refractivity contribution in [3.63, 3.8) is 0 Å². The van der Waals surface area contributed by atoms with Crippen LogP contribution in [0.2, 0.25) is 0 Å². The van der Waals surface area contributed by atoms with Gasteiger partial charge in [0.15, 0.2) is 5.78 Å². The Morgan fingerprint density at radius 1 is 1.17 bits per heavy atom. The summed E-state index contributed by atoms with van der Waals surface area (Å²) in [4.78, 5) is 12.2. The molecule has 0 aromatic heterocycles. The predicted molar refractivity (Wildman–Crippen MR) is 69.9 cm³/mol. The first-order valence-corrected chi connectivity index (χ1v) is 5.39. The molecule has 0 spiro atoms. The standard InChI is InChI=1S/C14H11BO3/c1-18-11-5-2-9(3-6-11)14(17)12-8-10(15)4-7-13(12)16/h2-8,16H,1H3. The summed E-state index contributed by atoms with van der Waals surface area (Å²) in [5.41, 5.74) is 1.10. The van der Waals surface area contributed by atoms with E-state index in [-0.39, 0.29) is 17.1 Å². The van der Waals surface area contributed by atoms with Gasteiger partial charge < -0.3 is 9.84 Å². The van der Waals surface area contributed by atoms with E-state index in [9.17, 15) is 9.90 Å². The number of benzene rings is 2. The van der Waals surface area contributed by atoms with Gasteiger partial charge in [-0.05, 0) is 30.3 Å². The van der Waals surface area contributed by atoms with Crippen molar-refractivity contribution in [2.75, 3.05) is 7.11 Å². The van der Waals surface area contributed by atoms with Crippen LogP contribution in [0.15, 0.2) is 42.5 Å². The molecule has 18 heavy (non-hydrogen) atoms. The average Bonchev–Trinajstić information content (AvgIpc) is 2.41. The Balaban J connectivity index is 2.38. The van der Waals surface area contributed by atoms with Crippen LogP contribution in [0.4, 0.5) is 0 Å². The maximum absolute atomic E-state index is 12.2. The summed E-state index contributed by atoms with van der Waals surface area (Å²) in [5, 5.41) is 9.67. The summed E-state index contributed by atoms with van der Waals surface area (Å²) in [5.74, 6) is 0.316. The number of ketones is 1. The zero-order valence-electron chi connectivity index (χ0n) is 9.88. The number of phenols is 1. The third-order valence-corrected chi connectivity index (χ3v) is 2.62. The van der Waals surface area contributed by atoms with Gasteiger partial charge in [0, 0.05) is 5.56 Å². The lowest BCUT2D eigenvalue weighted by Gasteiger charge is -2.06. The van der Waals surface area contributed by atoms with Crippen LogP contribution < -0.4 is 10.2 Å². The largest absolute Gasteiger partial charge is 0.507 e. The normalized spacial score (nSPS) is 10.1. The molecule has 0 bridgehead atoms. The molecule has 0 heterocycles. The Morgan fingerprint density at radius 2 is 1.83 bits per heavy atom. The van der Waals surface area contributed by atoms with Crippen molar-refractivity contribution in [3.05, 3.63) is 53.6 Å². The number of rotatable bonds is 3. The van der Waals surface area contributed by atoms with E-state index in [1.165, 1.54) is 12.1 Å². The van der Waals surface area contributed by atoms with Crippen LogP contribution in [0.3, 0.4) is 0 Å². The van der Waals surface area contributed by atoms with Gasteiger partial charge in [-0.2, -0.15) is 0 Å². The highest BCUT2D eigenvalue weighted by atomic mass is 16.5. The lowest BCUT2D eigenvalue weighted by molar-refractivity contribution is 0.103. The fourth-order valence-electron chi connectivity index (χ4n) is 1.63. The summed E-state index contributed by atoms with van der Waals surface area (Å²) < 4.78 is 5.02. The van der Waals surface area contributed by atoms with Crippen LogP contribution in [0, 0.1) is 0 Å². The highest BCUT2D eigenvalue weighted by Crippen LogP contribution is 2.20. The third-order valence-electron chi connectivity index (χ3n) is 2.62. The van der Waals surface area contributed by atoms with E-state index in [0.29, 0.717) is 16.8 Å². The lowest BCUT2D eigenvalue weighted by Crippen LogP contribution is -2.08. The van der Waals surface area contributed by atoms with Crippen molar-refractivity contribution in [1.29, 1.82) is 0 Å². The molecule has 0 atom stereocenters. The smallest absolute Gasteiger partial charge is 0.196 e. The van der Waals surface area contributed by atoms with Crippen molar-refractivity contribution in [2.45, 2.75) is 0 Å². The van der Waals surface area contributed by atoms with Crippen molar-refractivity contribution in [3.8, 4) is 11.5 Å². The Kier molecular flexibility index (Phi) is 3.37. The highest BCUT2D eigenvalue weighted by Gasteiger charge is 2.13.